The van der Waals surface area contributed by atoms with Crippen LogP contribution < -0.4 is 5.32 Å². The standard InChI is InChI=1S/C6H10ClN3OS2/c1-4(13(2)11)3-8-6-5(7)9-12-10-6/h4H,3H2,1-2H3,(H,8,10). The lowest BCUT2D eigenvalue weighted by molar-refractivity contribution is 0.679. The SMILES string of the molecule is CC(CNc1nsnc1Cl)S(C)=O. The fourth-order valence-electron chi connectivity index (χ4n) is 0.641. The highest BCUT2D eigenvalue weighted by atomic mass is 35.5. The highest BCUT2D eigenvalue weighted by molar-refractivity contribution is 7.84. The summed E-state index contributed by atoms with van der Waals surface area (Å²) in [6, 6.07) is 0. The van der Waals surface area contributed by atoms with E-state index in [0.717, 1.165) is 11.7 Å². The molecule has 74 valence electrons. The van der Waals surface area contributed by atoms with Crippen molar-refractivity contribution in [3.8, 4) is 0 Å². The molecule has 0 radical (unpaired) electrons. The van der Waals surface area contributed by atoms with Gasteiger partial charge in [-0.2, -0.15) is 8.75 Å². The van der Waals surface area contributed by atoms with Gasteiger partial charge in [0.25, 0.3) is 0 Å². The Labute approximate surface area is 88.5 Å². The molecular weight excluding hydrogens is 230 g/mol. The first-order valence-electron chi connectivity index (χ1n) is 3.65. The topological polar surface area (TPSA) is 54.9 Å². The maximum absolute atomic E-state index is 11.0. The summed E-state index contributed by atoms with van der Waals surface area (Å²) in [6.07, 6.45) is 1.67. The summed E-state index contributed by atoms with van der Waals surface area (Å²) in [4.78, 5) is 0. The normalized spacial score (nSPS) is 15.3. The number of nitrogens with zero attached hydrogens (tertiary/aromatic N) is 2. The summed E-state index contributed by atoms with van der Waals surface area (Å²) in [6.45, 7) is 2.49. The molecule has 0 aliphatic rings. The van der Waals surface area contributed by atoms with Crippen molar-refractivity contribution in [1.29, 1.82) is 0 Å². The molecule has 4 nitrogen and oxygen atoms in total. The zero-order chi connectivity index (χ0) is 9.84. The van der Waals surface area contributed by atoms with E-state index in [1.54, 1.807) is 6.26 Å². The lowest BCUT2D eigenvalue weighted by atomic mass is 10.5. The Kier molecular flexibility index (Phi) is 4.08. The summed E-state index contributed by atoms with van der Waals surface area (Å²) in [5.41, 5.74) is 0. The van der Waals surface area contributed by atoms with Gasteiger partial charge in [-0.1, -0.05) is 11.6 Å². The van der Waals surface area contributed by atoms with Gasteiger partial charge in [0, 0.05) is 28.9 Å². The monoisotopic (exact) mass is 239 g/mol. The minimum atomic E-state index is -0.829. The Balaban J connectivity index is 2.44. The van der Waals surface area contributed by atoms with Crippen LogP contribution in [0.3, 0.4) is 0 Å². The van der Waals surface area contributed by atoms with E-state index >= 15 is 0 Å². The third-order valence-electron chi connectivity index (χ3n) is 1.57. The van der Waals surface area contributed by atoms with Gasteiger partial charge in [-0.25, -0.2) is 0 Å². The fourth-order valence-corrected chi connectivity index (χ4v) is 1.64. The summed E-state index contributed by atoms with van der Waals surface area (Å²) in [7, 11) is -0.829. The van der Waals surface area contributed by atoms with E-state index < -0.39 is 10.8 Å². The van der Waals surface area contributed by atoms with Gasteiger partial charge in [0.2, 0.25) is 0 Å². The molecule has 2 unspecified atom stereocenters. The molecule has 1 heterocycles. The molecule has 0 spiro atoms. The molecule has 0 saturated heterocycles. The largest absolute Gasteiger partial charge is 0.365 e. The first kappa shape index (κ1) is 10.9. The van der Waals surface area contributed by atoms with Gasteiger partial charge in [0.15, 0.2) is 11.0 Å². The summed E-state index contributed by atoms with van der Waals surface area (Å²) < 4.78 is 18.7. The van der Waals surface area contributed by atoms with Crippen molar-refractivity contribution in [2.45, 2.75) is 12.2 Å². The third-order valence-corrected chi connectivity index (χ3v) is 3.76. The Hall–Kier alpha value is -0.200. The molecule has 1 rings (SSSR count). The van der Waals surface area contributed by atoms with E-state index in [0.29, 0.717) is 17.5 Å². The highest BCUT2D eigenvalue weighted by Gasteiger charge is 2.09. The average molecular weight is 240 g/mol. The quantitative estimate of drug-likeness (QED) is 0.863. The third kappa shape index (κ3) is 3.21. The van der Waals surface area contributed by atoms with Gasteiger partial charge in [0.05, 0.1) is 11.7 Å². The zero-order valence-electron chi connectivity index (χ0n) is 7.28. The molecule has 0 amide bonds. The second-order valence-corrected chi connectivity index (χ2v) is 5.28. The van der Waals surface area contributed by atoms with E-state index in [1.807, 2.05) is 6.92 Å². The van der Waals surface area contributed by atoms with Crippen LogP contribution in [0.5, 0.6) is 0 Å². The second-order valence-electron chi connectivity index (χ2n) is 2.59. The molecule has 1 aromatic rings. The summed E-state index contributed by atoms with van der Waals surface area (Å²) in [5.74, 6) is 0.573. The van der Waals surface area contributed by atoms with Gasteiger partial charge < -0.3 is 5.32 Å². The van der Waals surface area contributed by atoms with Crippen LogP contribution in [-0.2, 0) is 10.8 Å². The van der Waals surface area contributed by atoms with Crippen LogP contribution in [0.2, 0.25) is 5.15 Å². The lowest BCUT2D eigenvalue weighted by Gasteiger charge is -2.08. The highest BCUT2D eigenvalue weighted by Crippen LogP contribution is 2.17. The Morgan fingerprint density at radius 2 is 2.38 bits per heavy atom. The van der Waals surface area contributed by atoms with Crippen molar-refractivity contribution in [2.24, 2.45) is 0 Å². The number of hydrogen-bond donors (Lipinski definition) is 1. The van der Waals surface area contributed by atoms with E-state index in [-0.39, 0.29) is 5.25 Å². The number of nitrogens with one attached hydrogen (secondary N) is 1. The predicted octanol–water partition coefficient (Wildman–Crippen LogP) is 1.37. The van der Waals surface area contributed by atoms with E-state index in [2.05, 4.69) is 14.1 Å². The Morgan fingerprint density at radius 3 is 2.85 bits per heavy atom. The Bertz CT molecular complexity index is 304. The van der Waals surface area contributed by atoms with Gasteiger partial charge in [-0.15, -0.1) is 0 Å². The molecule has 1 aromatic heterocycles. The second kappa shape index (κ2) is 4.88. The van der Waals surface area contributed by atoms with Crippen LogP contribution in [0.25, 0.3) is 0 Å². The molecule has 0 aliphatic carbocycles. The lowest BCUT2D eigenvalue weighted by Crippen LogP contribution is -2.20. The van der Waals surface area contributed by atoms with Crippen molar-refractivity contribution in [3.63, 3.8) is 0 Å². The molecule has 0 saturated carbocycles. The maximum Gasteiger partial charge on any atom is 0.186 e. The first-order chi connectivity index (χ1) is 6.11. The number of halogens is 1. The number of rotatable bonds is 4. The van der Waals surface area contributed by atoms with Crippen LogP contribution in [-0.4, -0.2) is 31.0 Å². The van der Waals surface area contributed by atoms with Crippen molar-refractivity contribution in [3.05, 3.63) is 5.15 Å². The minimum Gasteiger partial charge on any atom is -0.365 e. The zero-order valence-corrected chi connectivity index (χ0v) is 9.67. The van der Waals surface area contributed by atoms with Crippen molar-refractivity contribution in [1.82, 2.24) is 8.75 Å². The molecule has 7 heteroatoms. The molecule has 0 bridgehead atoms. The van der Waals surface area contributed by atoms with E-state index in [1.165, 1.54) is 0 Å². The van der Waals surface area contributed by atoms with Gasteiger partial charge in [0.1, 0.15) is 0 Å². The maximum atomic E-state index is 11.0. The fraction of sp³-hybridized carbons (Fsp3) is 0.667. The minimum absolute atomic E-state index is 0.0813. The smallest absolute Gasteiger partial charge is 0.186 e. The van der Waals surface area contributed by atoms with Gasteiger partial charge in [-0.05, 0) is 6.92 Å². The van der Waals surface area contributed by atoms with Crippen LogP contribution in [0.4, 0.5) is 5.82 Å². The van der Waals surface area contributed by atoms with Crippen molar-refractivity contribution < 1.29 is 4.21 Å². The molecule has 0 aliphatic heterocycles. The van der Waals surface area contributed by atoms with Gasteiger partial charge >= 0.3 is 0 Å². The van der Waals surface area contributed by atoms with Gasteiger partial charge in [-0.3, -0.25) is 4.21 Å². The number of anilines is 1. The molecule has 13 heavy (non-hydrogen) atoms. The molecule has 2 atom stereocenters. The molecule has 1 N–H and O–H groups in total. The predicted molar refractivity (Wildman–Crippen MR) is 56.9 cm³/mol. The first-order valence-corrected chi connectivity index (χ1v) is 6.38. The van der Waals surface area contributed by atoms with Crippen LogP contribution in [0, 0.1) is 0 Å². The Morgan fingerprint density at radius 1 is 1.69 bits per heavy atom. The van der Waals surface area contributed by atoms with Crippen LogP contribution in [0.1, 0.15) is 6.92 Å². The van der Waals surface area contributed by atoms with Crippen molar-refractivity contribution >= 4 is 39.9 Å². The van der Waals surface area contributed by atoms with E-state index in [9.17, 15) is 4.21 Å². The van der Waals surface area contributed by atoms with Crippen LogP contribution >= 0.6 is 23.3 Å². The number of hydrogen-bond acceptors (Lipinski definition) is 5. The van der Waals surface area contributed by atoms with E-state index in [4.69, 9.17) is 11.6 Å². The van der Waals surface area contributed by atoms with Crippen molar-refractivity contribution in [2.75, 3.05) is 18.1 Å². The average Bonchev–Trinajstić information content (AvgIpc) is 2.47. The summed E-state index contributed by atoms with van der Waals surface area (Å²) in [5, 5.41) is 3.44. The molecule has 0 fully saturated rings. The van der Waals surface area contributed by atoms with Crippen LogP contribution in [0.15, 0.2) is 0 Å². The molecule has 0 aromatic carbocycles. The summed E-state index contributed by atoms with van der Waals surface area (Å²) >= 11 is 6.76. The number of aromatic nitrogens is 2. The molecular formula is C6H10ClN3OS2.